The molecule has 3 saturated carbocycles. The highest BCUT2D eigenvalue weighted by Gasteiger charge is 2.66. The fourth-order valence-electron chi connectivity index (χ4n) is 9.64. The van der Waals surface area contributed by atoms with Crippen LogP contribution in [0.25, 0.3) is 4.85 Å². The van der Waals surface area contributed by atoms with Gasteiger partial charge in [-0.05, 0) is 81.0 Å². The molecule has 160 valence electrons. The number of Topliss-reactive ketones (excluding diaryl/α,β-unsaturated/α-hetero) is 1. The van der Waals surface area contributed by atoms with Crippen LogP contribution in [-0.4, -0.2) is 18.0 Å². The molecule has 1 saturated heterocycles. The Morgan fingerprint density at radius 1 is 1.03 bits per heavy atom. The van der Waals surface area contributed by atoms with Gasteiger partial charge in [-0.1, -0.05) is 44.4 Å². The summed E-state index contributed by atoms with van der Waals surface area (Å²) in [5.41, 5.74) is 1.79. The van der Waals surface area contributed by atoms with Crippen molar-refractivity contribution in [1.82, 2.24) is 0 Å². The Bertz CT molecular complexity index is 894. The highest BCUT2D eigenvalue weighted by Crippen LogP contribution is 2.71. The molecule has 6 atom stereocenters. The molecule has 4 fully saturated rings. The molecule has 2 spiro atoms. The van der Waals surface area contributed by atoms with Gasteiger partial charge in [0.05, 0.1) is 12.2 Å². The Labute approximate surface area is 181 Å². The van der Waals surface area contributed by atoms with Crippen LogP contribution < -0.4 is 0 Å². The number of hydrogen-bond acceptors (Lipinski definition) is 2. The van der Waals surface area contributed by atoms with Crippen molar-refractivity contribution in [2.75, 3.05) is 6.61 Å². The summed E-state index contributed by atoms with van der Waals surface area (Å²) < 4.78 is 6.50. The van der Waals surface area contributed by atoms with Gasteiger partial charge in [-0.15, -0.1) is 0 Å². The smallest absolute Gasteiger partial charge is 0.227 e. The number of carbonyl (C=O) groups excluding carboxylic acids is 1. The Morgan fingerprint density at radius 2 is 1.80 bits per heavy atom. The number of nitrogens with zero attached hydrogens (tertiary/aromatic N) is 1. The van der Waals surface area contributed by atoms with Crippen molar-refractivity contribution in [3.8, 4) is 0 Å². The second-order valence-electron chi connectivity index (χ2n) is 11.7. The van der Waals surface area contributed by atoms with Gasteiger partial charge in [0.1, 0.15) is 0 Å². The van der Waals surface area contributed by atoms with E-state index in [9.17, 15) is 4.79 Å². The van der Waals surface area contributed by atoms with Crippen molar-refractivity contribution < 1.29 is 9.53 Å². The second-order valence-corrected chi connectivity index (χ2v) is 11.7. The molecule has 0 aromatic carbocycles. The maximum absolute atomic E-state index is 13.4. The summed E-state index contributed by atoms with van der Waals surface area (Å²) in [4.78, 5) is 17.2. The summed E-state index contributed by atoms with van der Waals surface area (Å²) in [7, 11) is 0. The molecule has 0 radical (unpaired) electrons. The maximum Gasteiger partial charge on any atom is 0.227 e. The molecule has 1 heterocycles. The summed E-state index contributed by atoms with van der Waals surface area (Å²) >= 11 is 0. The van der Waals surface area contributed by atoms with Crippen LogP contribution in [0.4, 0.5) is 0 Å². The van der Waals surface area contributed by atoms with Crippen LogP contribution in [0.5, 0.6) is 0 Å². The molecule has 3 heteroatoms. The fourth-order valence-corrected chi connectivity index (χ4v) is 9.64. The molecule has 5 aliphatic carbocycles. The summed E-state index contributed by atoms with van der Waals surface area (Å²) in [6, 6.07) is 0. The SMILES string of the molecule is [C-]#[N+]C1=C[C@@]2(C)C(=CC[C@@H]3[C@@H]2CC[C@@]2(C)[C@H]3CCC23CCCO3)C2(CCCC2)C1=O. The lowest BCUT2D eigenvalue weighted by Gasteiger charge is -2.60. The topological polar surface area (TPSA) is 30.7 Å². The summed E-state index contributed by atoms with van der Waals surface area (Å²) in [5.74, 6) is 2.08. The number of carbonyl (C=O) groups is 1. The van der Waals surface area contributed by atoms with E-state index in [0.29, 0.717) is 28.9 Å². The van der Waals surface area contributed by atoms with Crippen molar-refractivity contribution in [2.24, 2.45) is 34.0 Å². The molecule has 0 aromatic heterocycles. The van der Waals surface area contributed by atoms with Gasteiger partial charge in [0.25, 0.3) is 0 Å². The number of rotatable bonds is 0. The monoisotopic (exact) mass is 405 g/mol. The number of fused-ring (bicyclic) bond motifs is 7. The van der Waals surface area contributed by atoms with Crippen LogP contribution in [0.3, 0.4) is 0 Å². The van der Waals surface area contributed by atoms with Crippen molar-refractivity contribution in [1.29, 1.82) is 0 Å². The molecule has 6 aliphatic rings. The minimum atomic E-state index is -0.361. The van der Waals surface area contributed by atoms with Crippen molar-refractivity contribution in [3.63, 3.8) is 0 Å². The molecule has 6 rings (SSSR count). The van der Waals surface area contributed by atoms with E-state index < -0.39 is 0 Å². The predicted molar refractivity (Wildman–Crippen MR) is 116 cm³/mol. The third-order valence-electron chi connectivity index (χ3n) is 11.0. The normalized spacial score (nSPS) is 48.7. The van der Waals surface area contributed by atoms with Crippen molar-refractivity contribution >= 4 is 5.78 Å². The minimum absolute atomic E-state index is 0.116. The second kappa shape index (κ2) is 6.10. The highest BCUT2D eigenvalue weighted by atomic mass is 16.5. The molecule has 0 N–H and O–H groups in total. The summed E-state index contributed by atoms with van der Waals surface area (Å²) in [5, 5.41) is 0. The largest absolute Gasteiger partial charge is 0.374 e. The number of ketones is 1. The predicted octanol–water partition coefficient (Wildman–Crippen LogP) is 6.26. The number of hydrogen-bond donors (Lipinski definition) is 0. The van der Waals surface area contributed by atoms with Crippen LogP contribution in [-0.2, 0) is 9.53 Å². The van der Waals surface area contributed by atoms with Crippen molar-refractivity contribution in [2.45, 2.75) is 90.1 Å². The van der Waals surface area contributed by atoms with E-state index in [1.165, 1.54) is 44.1 Å². The quantitative estimate of drug-likeness (QED) is 0.352. The summed E-state index contributed by atoms with van der Waals surface area (Å²) in [6.07, 6.45) is 17.3. The van der Waals surface area contributed by atoms with Gasteiger partial charge in [-0.25, -0.2) is 4.85 Å². The minimum Gasteiger partial charge on any atom is -0.374 e. The first-order chi connectivity index (χ1) is 14.4. The molecular weight excluding hydrogens is 370 g/mol. The van der Waals surface area contributed by atoms with Gasteiger partial charge in [0.15, 0.2) is 5.78 Å². The lowest BCUT2D eigenvalue weighted by molar-refractivity contribution is -0.132. The molecule has 1 aliphatic heterocycles. The standard InChI is InChI=1S/C27H35NO2/c1-24-17-21(28-3)23(29)26(11-4-5-12-26)22(24)8-7-18-19(24)9-14-25(2)20(18)10-15-27(25)13-6-16-30-27/h8,17-20H,4-7,9-16H2,1-2H3/t18-,19+,20+,24-,25+,27?/m1/s1. The zero-order chi connectivity index (χ0) is 20.8. The molecule has 0 aromatic rings. The van der Waals surface area contributed by atoms with Gasteiger partial charge in [0.2, 0.25) is 5.70 Å². The van der Waals surface area contributed by atoms with E-state index in [4.69, 9.17) is 11.3 Å². The molecule has 3 nitrogen and oxygen atoms in total. The number of ether oxygens (including phenoxy) is 1. The van der Waals surface area contributed by atoms with Gasteiger partial charge in [-0.2, -0.15) is 0 Å². The zero-order valence-corrected chi connectivity index (χ0v) is 18.6. The molecule has 0 amide bonds. The van der Waals surface area contributed by atoms with Crippen LogP contribution in [0, 0.1) is 40.6 Å². The fraction of sp³-hybridized carbons (Fsp3) is 0.778. The van der Waals surface area contributed by atoms with Gasteiger partial charge in [0, 0.05) is 17.4 Å². The Balaban J connectivity index is 1.44. The van der Waals surface area contributed by atoms with Crippen LogP contribution in [0.2, 0.25) is 0 Å². The average Bonchev–Trinajstić information content (AvgIpc) is 3.47. The van der Waals surface area contributed by atoms with E-state index in [-0.39, 0.29) is 22.2 Å². The van der Waals surface area contributed by atoms with Crippen molar-refractivity contribution in [3.05, 3.63) is 34.8 Å². The molecule has 1 unspecified atom stereocenters. The Morgan fingerprint density at radius 3 is 2.50 bits per heavy atom. The summed E-state index contributed by atoms with van der Waals surface area (Å²) in [6.45, 7) is 13.6. The molecule has 30 heavy (non-hydrogen) atoms. The third kappa shape index (κ3) is 2.08. The van der Waals surface area contributed by atoms with E-state index in [1.54, 1.807) is 0 Å². The van der Waals surface area contributed by atoms with Crippen LogP contribution in [0.15, 0.2) is 23.4 Å². The van der Waals surface area contributed by atoms with Gasteiger partial charge < -0.3 is 9.53 Å². The first kappa shape index (κ1) is 19.3. The Kier molecular flexibility index (Phi) is 3.92. The molecule has 0 bridgehead atoms. The maximum atomic E-state index is 13.4. The van der Waals surface area contributed by atoms with E-state index >= 15 is 0 Å². The first-order valence-electron chi connectivity index (χ1n) is 12.4. The third-order valence-corrected chi connectivity index (χ3v) is 11.0. The van der Waals surface area contributed by atoms with Gasteiger partial charge in [-0.3, -0.25) is 0 Å². The number of allylic oxidation sites excluding steroid dienone is 4. The van der Waals surface area contributed by atoms with E-state index in [2.05, 4.69) is 30.8 Å². The van der Waals surface area contributed by atoms with E-state index in [1.807, 2.05) is 0 Å². The average molecular weight is 406 g/mol. The highest BCUT2D eigenvalue weighted by molar-refractivity contribution is 6.05. The lowest BCUT2D eigenvalue weighted by atomic mass is 9.45. The zero-order valence-electron chi connectivity index (χ0n) is 18.6. The molecular formula is C27H35NO2. The van der Waals surface area contributed by atoms with Crippen LogP contribution in [0.1, 0.15) is 84.5 Å². The Hall–Kier alpha value is -1.40. The van der Waals surface area contributed by atoms with Crippen LogP contribution >= 0.6 is 0 Å². The van der Waals surface area contributed by atoms with Gasteiger partial charge >= 0.3 is 0 Å². The van der Waals surface area contributed by atoms with E-state index in [0.717, 1.165) is 38.7 Å². The lowest BCUT2D eigenvalue weighted by Crippen LogP contribution is -2.56. The first-order valence-corrected chi connectivity index (χ1v) is 12.4.